The Bertz CT molecular complexity index is 622. The lowest BCUT2D eigenvalue weighted by Gasteiger charge is -2.43. The molecule has 1 aliphatic carbocycles. The zero-order valence-electron chi connectivity index (χ0n) is 13.9. The second kappa shape index (κ2) is 8.14. The molecule has 1 atom stereocenters. The van der Waals surface area contributed by atoms with Crippen molar-refractivity contribution >= 4 is 18.3 Å². The molecule has 2 heterocycles. The van der Waals surface area contributed by atoms with E-state index in [4.69, 9.17) is 0 Å². The van der Waals surface area contributed by atoms with E-state index < -0.39 is 0 Å². The lowest BCUT2D eigenvalue weighted by molar-refractivity contribution is 0.00913. The molecule has 0 radical (unpaired) electrons. The summed E-state index contributed by atoms with van der Waals surface area (Å²) < 4.78 is 0. The number of aliphatic hydroxyl groups excluding tert-OH is 1. The number of rotatable bonds is 4. The van der Waals surface area contributed by atoms with Crippen LogP contribution in [0.15, 0.2) is 16.9 Å². The molecule has 24 heavy (non-hydrogen) atoms. The van der Waals surface area contributed by atoms with Crippen LogP contribution in [0.25, 0.3) is 0 Å². The molecule has 0 aromatic carbocycles. The van der Waals surface area contributed by atoms with Gasteiger partial charge < -0.3 is 20.7 Å². The fourth-order valence-electron chi connectivity index (χ4n) is 3.78. The number of aryl methyl sites for hydroxylation is 1. The van der Waals surface area contributed by atoms with Crippen molar-refractivity contribution in [2.75, 3.05) is 13.1 Å². The van der Waals surface area contributed by atoms with Crippen molar-refractivity contribution in [3.8, 4) is 0 Å². The van der Waals surface area contributed by atoms with Gasteiger partial charge in [0, 0.05) is 23.9 Å². The third-order valence-corrected chi connectivity index (χ3v) is 5.07. The molecule has 0 bridgehead atoms. The Hall–Kier alpha value is -1.37. The van der Waals surface area contributed by atoms with Gasteiger partial charge in [0.15, 0.2) is 5.43 Å². The van der Waals surface area contributed by atoms with Crippen LogP contribution in [0.1, 0.15) is 41.9 Å². The summed E-state index contributed by atoms with van der Waals surface area (Å²) in [6.07, 6.45) is 3.32. The highest BCUT2D eigenvalue weighted by Crippen LogP contribution is 2.35. The Balaban J connectivity index is 0.00000208. The predicted octanol–water partition coefficient (Wildman–Crippen LogP) is 0.974. The van der Waals surface area contributed by atoms with E-state index in [2.05, 4.69) is 15.6 Å². The lowest BCUT2D eigenvalue weighted by Crippen LogP contribution is -2.53. The summed E-state index contributed by atoms with van der Waals surface area (Å²) in [5.41, 5.74) is 0.831. The number of carbonyl (C=O) groups excluding carboxylic acids is 1. The number of H-pyrrole nitrogens is 1. The molecule has 2 aliphatic rings. The Labute approximate surface area is 147 Å². The van der Waals surface area contributed by atoms with E-state index in [0.29, 0.717) is 23.2 Å². The second-order valence-corrected chi connectivity index (χ2v) is 6.88. The second-order valence-electron chi connectivity index (χ2n) is 6.88. The number of carbonyl (C=O) groups is 1. The summed E-state index contributed by atoms with van der Waals surface area (Å²) in [4.78, 5) is 27.1. The van der Waals surface area contributed by atoms with Crippen LogP contribution >= 0.6 is 12.4 Å². The van der Waals surface area contributed by atoms with E-state index in [0.717, 1.165) is 38.8 Å². The smallest absolute Gasteiger partial charge is 0.268 e. The minimum atomic E-state index is -0.236. The SMILES string of the molecule is Cc1cc(=O)cc(C(=O)NC(C2CCNCC2)C2CC(O)C2)[nH]1.Cl. The van der Waals surface area contributed by atoms with E-state index in [1.54, 1.807) is 6.92 Å². The van der Waals surface area contributed by atoms with Crippen molar-refractivity contribution in [1.82, 2.24) is 15.6 Å². The molecule has 134 valence electrons. The number of aliphatic hydroxyl groups is 1. The van der Waals surface area contributed by atoms with Gasteiger partial charge in [0.05, 0.1) is 6.10 Å². The predicted molar refractivity (Wildman–Crippen MR) is 94.6 cm³/mol. The van der Waals surface area contributed by atoms with E-state index in [1.807, 2.05) is 0 Å². The molecule has 0 spiro atoms. The van der Waals surface area contributed by atoms with E-state index >= 15 is 0 Å². The van der Waals surface area contributed by atoms with Gasteiger partial charge in [-0.15, -0.1) is 12.4 Å². The molecule has 1 aromatic heterocycles. The van der Waals surface area contributed by atoms with Gasteiger partial charge in [-0.25, -0.2) is 0 Å². The molecule has 1 unspecified atom stereocenters. The Morgan fingerprint density at radius 3 is 2.50 bits per heavy atom. The number of halogens is 1. The first-order valence-electron chi connectivity index (χ1n) is 8.43. The Morgan fingerprint density at radius 2 is 1.92 bits per heavy atom. The fraction of sp³-hybridized carbons (Fsp3) is 0.647. The lowest BCUT2D eigenvalue weighted by atomic mass is 9.71. The number of amides is 1. The maximum atomic E-state index is 12.6. The van der Waals surface area contributed by atoms with Crippen LogP contribution < -0.4 is 16.1 Å². The quantitative estimate of drug-likeness (QED) is 0.647. The van der Waals surface area contributed by atoms with Crippen molar-refractivity contribution in [1.29, 1.82) is 0 Å². The van der Waals surface area contributed by atoms with Crippen LogP contribution in [0.4, 0.5) is 0 Å². The van der Waals surface area contributed by atoms with Crippen molar-refractivity contribution in [2.24, 2.45) is 11.8 Å². The topological polar surface area (TPSA) is 94.2 Å². The molecular weight excluding hydrogens is 330 g/mol. The normalized spacial score (nSPS) is 25.2. The average Bonchev–Trinajstić information content (AvgIpc) is 2.49. The van der Waals surface area contributed by atoms with Crippen molar-refractivity contribution < 1.29 is 9.90 Å². The fourth-order valence-corrected chi connectivity index (χ4v) is 3.78. The van der Waals surface area contributed by atoms with Gasteiger partial charge in [-0.1, -0.05) is 0 Å². The Morgan fingerprint density at radius 1 is 1.25 bits per heavy atom. The highest BCUT2D eigenvalue weighted by atomic mass is 35.5. The molecule has 1 aromatic rings. The number of hydrogen-bond acceptors (Lipinski definition) is 4. The van der Waals surface area contributed by atoms with Gasteiger partial charge in [0.1, 0.15) is 5.69 Å². The van der Waals surface area contributed by atoms with Gasteiger partial charge in [-0.2, -0.15) is 0 Å². The summed E-state index contributed by atoms with van der Waals surface area (Å²) in [5, 5.41) is 16.1. The van der Waals surface area contributed by atoms with E-state index in [9.17, 15) is 14.7 Å². The van der Waals surface area contributed by atoms with Crippen molar-refractivity contribution in [3.05, 3.63) is 33.7 Å². The van der Waals surface area contributed by atoms with E-state index in [1.165, 1.54) is 12.1 Å². The minimum absolute atomic E-state index is 0. The molecule has 1 aliphatic heterocycles. The summed E-state index contributed by atoms with van der Waals surface area (Å²) in [7, 11) is 0. The zero-order chi connectivity index (χ0) is 16.4. The number of hydrogen-bond donors (Lipinski definition) is 4. The number of nitrogens with one attached hydrogen (secondary N) is 3. The van der Waals surface area contributed by atoms with Gasteiger partial charge in [-0.3, -0.25) is 9.59 Å². The highest BCUT2D eigenvalue weighted by molar-refractivity contribution is 5.92. The summed E-state index contributed by atoms with van der Waals surface area (Å²) in [5.74, 6) is 0.526. The maximum Gasteiger partial charge on any atom is 0.268 e. The van der Waals surface area contributed by atoms with Crippen molar-refractivity contribution in [3.63, 3.8) is 0 Å². The van der Waals surface area contributed by atoms with Crippen LogP contribution in [0.3, 0.4) is 0 Å². The van der Waals surface area contributed by atoms with Crippen molar-refractivity contribution in [2.45, 2.75) is 44.8 Å². The minimum Gasteiger partial charge on any atom is -0.393 e. The third-order valence-electron chi connectivity index (χ3n) is 5.07. The summed E-state index contributed by atoms with van der Waals surface area (Å²) in [6, 6.07) is 2.89. The van der Waals surface area contributed by atoms with Crippen LogP contribution in [0, 0.1) is 18.8 Å². The Kier molecular flexibility index (Phi) is 6.43. The third kappa shape index (κ3) is 4.37. The molecule has 2 fully saturated rings. The first-order valence-corrected chi connectivity index (χ1v) is 8.43. The highest BCUT2D eigenvalue weighted by Gasteiger charge is 2.39. The van der Waals surface area contributed by atoms with Crippen LogP contribution in [0.2, 0.25) is 0 Å². The monoisotopic (exact) mass is 355 g/mol. The van der Waals surface area contributed by atoms with Crippen LogP contribution in [0.5, 0.6) is 0 Å². The van der Waals surface area contributed by atoms with Gasteiger partial charge in [0.25, 0.3) is 5.91 Å². The van der Waals surface area contributed by atoms with E-state index in [-0.39, 0.29) is 35.9 Å². The molecule has 1 saturated carbocycles. The van der Waals surface area contributed by atoms with Gasteiger partial charge in [0.2, 0.25) is 0 Å². The number of piperidine rings is 1. The number of pyridine rings is 1. The zero-order valence-corrected chi connectivity index (χ0v) is 14.7. The molecular formula is C17H26ClN3O3. The summed E-state index contributed by atoms with van der Waals surface area (Å²) in [6.45, 7) is 3.70. The molecule has 1 amide bonds. The number of aromatic nitrogens is 1. The summed E-state index contributed by atoms with van der Waals surface area (Å²) >= 11 is 0. The standard InChI is InChI=1S/C17H25N3O3.ClH/c1-10-6-13(21)9-15(19-10)17(23)20-16(12-7-14(22)8-12)11-2-4-18-5-3-11;/h6,9,11-12,14,16,18,22H,2-5,7-8H2,1H3,(H,19,21)(H,20,23);1H. The maximum absolute atomic E-state index is 12.6. The molecule has 4 N–H and O–H groups in total. The van der Waals surface area contributed by atoms with Crippen LogP contribution in [-0.4, -0.2) is 41.2 Å². The largest absolute Gasteiger partial charge is 0.393 e. The van der Waals surface area contributed by atoms with Gasteiger partial charge >= 0.3 is 0 Å². The number of aromatic amines is 1. The van der Waals surface area contributed by atoms with Gasteiger partial charge in [-0.05, 0) is 57.5 Å². The first kappa shape index (κ1) is 19.0. The molecule has 7 heteroatoms. The molecule has 3 rings (SSSR count). The molecule has 1 saturated heterocycles. The first-order chi connectivity index (χ1) is 11.0. The average molecular weight is 356 g/mol. The molecule has 6 nitrogen and oxygen atoms in total. The van der Waals surface area contributed by atoms with Crippen LogP contribution in [-0.2, 0) is 0 Å².